The molecule has 13 amide bonds. The van der Waals surface area contributed by atoms with Crippen molar-refractivity contribution in [3.8, 4) is 22.5 Å². The summed E-state index contributed by atoms with van der Waals surface area (Å²) in [7, 11) is 0. The third-order valence-electron chi connectivity index (χ3n) is 25.1. The number of hydrogen-bond donors (Lipinski definition) is 17. The Labute approximate surface area is 840 Å². The standard InChI is InChI=1S/C96H135N31O19/c1-8-119(9-2)58-32-34-62-70(46-58)146-71-47-59(120(10-3)11-4)33-35-63(71)76(62)60-24-12-13-25-61(60)84(133)106-41-43-144-44-45-145-96(143)124-42-23-31-67(124)85(134)113-64(26-14-18-36-97)90(139)125(74(130)51-122-54-111-77-80(102)109-53-110-81(77)122)68(29-17-21-39-100)86(135)114-65(27-15-19-37-98)91(140)126(73(129)50-121-49-57(7)83(132)118-95(121)142)69(30-22-40-107-93(103)104)87(136)115-66(28-16-20-38-99)92(141)127(79(56(5)6)89(138)108-48-72(101)128)75(131)52-123-55-112-78-82(123)116-94(105)117-88(78)137/h12-13,24-25,32-35,46-47,49,53-56,64-69,79H,8-11,14-23,26-31,36-45,48,50-52,97-100H2,1-7H3,(H16-,101,102,103,104,105,106,107,108,109,110,113,114,115,116,117,118,128,132,133,134,135,136,137,138,142)/p+1/t64-,65-,66-,67-,68-,69-,79-/m0/s1. The highest BCUT2D eigenvalue weighted by molar-refractivity contribution is 6.11. The van der Waals surface area contributed by atoms with Gasteiger partial charge in [-0.3, -0.25) is 107 Å². The molecule has 1 aliphatic carbocycles. The molecule has 7 atom stereocenters. The molecule has 0 saturated carbocycles. The number of aryl methyl sites for hydroxylation is 1. The summed E-state index contributed by atoms with van der Waals surface area (Å²) in [6, 6.07) is 6.40. The third kappa shape index (κ3) is 28.8. The lowest BCUT2D eigenvalue weighted by molar-refractivity contribution is -0.157. The number of H-pyrrole nitrogens is 2. The zero-order chi connectivity index (χ0) is 106. The zero-order valence-corrected chi connectivity index (χ0v) is 83.4. The second-order valence-electron chi connectivity index (χ2n) is 35.6. The van der Waals surface area contributed by atoms with E-state index in [4.69, 9.17) is 65.2 Å². The third-order valence-corrected chi connectivity index (χ3v) is 25.1. The number of rotatable bonds is 55. The summed E-state index contributed by atoms with van der Waals surface area (Å²) in [5.74, 6) is -15.1. The van der Waals surface area contributed by atoms with Crippen LogP contribution in [-0.4, -0.2) is 292 Å². The first kappa shape index (κ1) is 113. The molecule has 0 bridgehead atoms. The number of aromatic nitrogens is 10. The number of nitrogen functional groups attached to an aromatic ring is 2. The van der Waals surface area contributed by atoms with E-state index in [1.807, 2.05) is 36.4 Å². The van der Waals surface area contributed by atoms with Gasteiger partial charge in [0.05, 0.1) is 38.5 Å². The summed E-state index contributed by atoms with van der Waals surface area (Å²) >= 11 is 0. The van der Waals surface area contributed by atoms with E-state index in [1.165, 1.54) is 36.6 Å². The van der Waals surface area contributed by atoms with Gasteiger partial charge in [-0.05, 0) is 199 Å². The van der Waals surface area contributed by atoms with Crippen LogP contribution in [0.2, 0.25) is 0 Å². The van der Waals surface area contributed by atoms with Crippen LogP contribution in [0.4, 0.5) is 22.2 Å². The monoisotopic (exact) mass is 2030 g/mol. The second-order valence-corrected chi connectivity index (χ2v) is 35.6. The molecule has 788 valence electrons. The number of benzene rings is 3. The van der Waals surface area contributed by atoms with Gasteiger partial charge in [0.25, 0.3) is 34.7 Å². The second kappa shape index (κ2) is 54.4. The van der Waals surface area contributed by atoms with Gasteiger partial charge in [0.2, 0.25) is 58.6 Å². The fourth-order valence-corrected chi connectivity index (χ4v) is 17.7. The van der Waals surface area contributed by atoms with E-state index >= 15 is 43.2 Å². The van der Waals surface area contributed by atoms with E-state index in [9.17, 15) is 33.6 Å². The summed E-state index contributed by atoms with van der Waals surface area (Å²) in [6.07, 6.45) is 1.76. The first-order valence-corrected chi connectivity index (χ1v) is 49.1. The Kier molecular flexibility index (Phi) is 42.0. The molecule has 1 fully saturated rings. The Morgan fingerprint density at radius 1 is 0.596 bits per heavy atom. The van der Waals surface area contributed by atoms with Crippen molar-refractivity contribution < 1.29 is 76.2 Å². The van der Waals surface area contributed by atoms with E-state index in [2.05, 4.69) is 116 Å². The van der Waals surface area contributed by atoms with Crippen molar-refractivity contribution in [1.82, 2.24) is 105 Å². The number of imidazole rings is 2. The molecule has 3 aliphatic rings. The van der Waals surface area contributed by atoms with Gasteiger partial charge < -0.3 is 106 Å². The summed E-state index contributed by atoms with van der Waals surface area (Å²) in [6.45, 7) is 11.3. The molecular formula is C96H136N31O19+. The minimum atomic E-state index is -2.21. The van der Waals surface area contributed by atoms with E-state index in [0.29, 0.717) is 41.7 Å². The van der Waals surface area contributed by atoms with Crippen LogP contribution in [0.5, 0.6) is 0 Å². The van der Waals surface area contributed by atoms with Crippen molar-refractivity contribution in [2.45, 2.75) is 213 Å². The zero-order valence-electron chi connectivity index (χ0n) is 83.4. The number of primary amides is 1. The Morgan fingerprint density at radius 2 is 1.17 bits per heavy atom. The SMILES string of the molecule is CCN(CC)c1ccc2c(-c3ccccc3C(=O)NCCOCCOC(=O)N3CCC[C@H]3C(=O)N[C@@H](CCCCN)C(=O)N(C(=O)Cn3cnc4c(N)ncnc43)[C@@H](CCCCN)C(=O)N[C@@H](CCCCN)C(=O)N(C(=O)Cn3cc(C)c(=O)[nH]c3=O)[C@@H](CCCNC(=N)N)C(=O)N[C@@H](CCCCN)C(=O)N(C(=O)Cn3cnc4c(=O)[nH]c(N)nc43)[C@H](C(=O)NCC(N)=O)C(C)C)c3ccc(=[N+](CC)CC)cc-3oc2c1. The van der Waals surface area contributed by atoms with Crippen LogP contribution in [0.3, 0.4) is 0 Å². The Balaban J connectivity index is 0.955. The molecule has 2 aromatic carbocycles. The van der Waals surface area contributed by atoms with E-state index < -0.39 is 200 Å². The number of likely N-dealkylation sites (tertiary alicyclic amines) is 1. The fraction of sp³-hybridized carbons (Fsp3) is 0.510. The average Bonchev–Trinajstić information content (AvgIpc) is 0.906. The fourth-order valence-electron chi connectivity index (χ4n) is 17.7. The van der Waals surface area contributed by atoms with Gasteiger partial charge in [-0.2, -0.15) is 4.98 Å². The highest BCUT2D eigenvalue weighted by Gasteiger charge is 2.47. The maximum Gasteiger partial charge on any atom is 0.410 e. The molecular weight excluding hydrogens is 1890 g/mol. The Hall–Kier alpha value is -15.3. The van der Waals surface area contributed by atoms with Gasteiger partial charge in [0.1, 0.15) is 105 Å². The summed E-state index contributed by atoms with van der Waals surface area (Å²) in [5, 5.41) is 25.8. The van der Waals surface area contributed by atoms with Crippen LogP contribution in [0.15, 0.2) is 105 Å². The first-order chi connectivity index (χ1) is 70.1. The van der Waals surface area contributed by atoms with Crippen molar-refractivity contribution in [1.29, 1.82) is 5.41 Å². The lowest BCUT2D eigenvalue weighted by Gasteiger charge is -2.37. The molecule has 1 saturated heterocycles. The smallest absolute Gasteiger partial charge is 0.410 e. The summed E-state index contributed by atoms with van der Waals surface area (Å²) in [4.78, 5) is 269. The van der Waals surface area contributed by atoms with Crippen LogP contribution in [0.25, 0.3) is 55.7 Å². The number of ether oxygens (including phenoxy) is 2. The largest absolute Gasteiger partial charge is 0.456 e. The van der Waals surface area contributed by atoms with Crippen LogP contribution < -0.4 is 109 Å². The molecule has 25 N–H and O–H groups in total. The average molecular weight is 2030 g/mol. The lowest BCUT2D eigenvalue weighted by atomic mass is 9.90. The van der Waals surface area contributed by atoms with E-state index in [0.717, 1.165) is 77.2 Å². The van der Waals surface area contributed by atoms with Crippen LogP contribution >= 0.6 is 0 Å². The molecule has 7 heterocycles. The van der Waals surface area contributed by atoms with Crippen LogP contribution in [-0.2, 0) is 81.8 Å². The Morgan fingerprint density at radius 3 is 1.77 bits per heavy atom. The number of nitrogens with zero attached hydrogens (tertiary/aromatic N) is 14. The molecule has 5 aromatic heterocycles. The molecule has 50 heteroatoms. The molecule has 146 heavy (non-hydrogen) atoms. The normalized spacial score (nSPS) is 13.7. The van der Waals surface area contributed by atoms with Gasteiger partial charge in [-0.25, -0.2) is 34.1 Å². The molecule has 0 radical (unpaired) electrons. The van der Waals surface area contributed by atoms with Gasteiger partial charge in [-0.1, -0.05) is 32.0 Å². The number of nitrogens with one attached hydrogen (secondary N) is 9. The molecule has 7 aromatic rings. The van der Waals surface area contributed by atoms with Gasteiger partial charge in [0, 0.05) is 84.4 Å². The number of aromatic amines is 2. The number of amides is 13. The van der Waals surface area contributed by atoms with Crippen molar-refractivity contribution in [2.24, 2.45) is 40.3 Å². The maximum atomic E-state index is 16.6. The number of carbonyl (C=O) groups excluding carboxylic acids is 13. The topological polar surface area (TPSA) is 739 Å². The van der Waals surface area contributed by atoms with Crippen LogP contribution in [0, 0.1) is 18.3 Å². The van der Waals surface area contributed by atoms with Crippen LogP contribution in [0.1, 0.15) is 160 Å². The minimum Gasteiger partial charge on any atom is -0.456 e. The number of hydrogen-bond acceptors (Lipinski definition) is 32. The number of anilines is 3. The summed E-state index contributed by atoms with van der Waals surface area (Å²) in [5.41, 5.74) is 48.5. The summed E-state index contributed by atoms with van der Waals surface area (Å²) < 4.78 is 23.5. The highest BCUT2D eigenvalue weighted by atomic mass is 16.6. The van der Waals surface area contributed by atoms with Gasteiger partial charge in [0.15, 0.2) is 28.6 Å². The molecule has 0 spiro atoms. The van der Waals surface area contributed by atoms with Crippen molar-refractivity contribution in [2.75, 3.05) is 115 Å². The highest BCUT2D eigenvalue weighted by Crippen LogP contribution is 2.42. The van der Waals surface area contributed by atoms with Gasteiger partial charge in [-0.15, -0.1) is 0 Å². The van der Waals surface area contributed by atoms with E-state index in [1.54, 1.807) is 12.1 Å². The number of carbonyl (C=O) groups is 13. The predicted octanol–water partition coefficient (Wildman–Crippen LogP) is -1.13. The quantitative estimate of drug-likeness (QED) is 0.00705. The van der Waals surface area contributed by atoms with Crippen molar-refractivity contribution >= 4 is 134 Å². The first-order valence-electron chi connectivity index (χ1n) is 49.1. The van der Waals surface area contributed by atoms with Gasteiger partial charge >= 0.3 is 11.8 Å². The van der Waals surface area contributed by atoms with Crippen molar-refractivity contribution in [3.05, 3.63) is 134 Å². The number of fused-ring (bicyclic) bond motifs is 4. The number of nitrogens with two attached hydrogens (primary N) is 8. The van der Waals surface area contributed by atoms with E-state index in [-0.39, 0.29) is 182 Å². The Bertz CT molecular complexity index is 6400. The molecule has 2 aliphatic heterocycles. The predicted molar refractivity (Wildman–Crippen MR) is 541 cm³/mol. The number of guanidine groups is 1. The maximum absolute atomic E-state index is 16.6. The molecule has 50 nitrogen and oxygen atoms in total. The number of imide groups is 3. The lowest BCUT2D eigenvalue weighted by Crippen LogP contribution is -2.64. The number of unbranched alkanes of at least 4 members (excludes halogenated alkanes) is 4. The molecule has 0 unspecified atom stereocenters. The minimum absolute atomic E-state index is 0.00407. The molecule has 10 rings (SSSR count). The van der Waals surface area contributed by atoms with Crippen molar-refractivity contribution in [3.63, 3.8) is 0 Å².